The predicted octanol–water partition coefficient (Wildman–Crippen LogP) is 5.13. The molecule has 0 amide bonds. The third-order valence-electron chi connectivity index (χ3n) is 8.50. The van der Waals surface area contributed by atoms with E-state index < -0.39 is 11.9 Å². The Balaban J connectivity index is 1.75. The number of hydrogen-bond acceptors (Lipinski definition) is 4. The fourth-order valence-electron chi connectivity index (χ4n) is 7.03. The van der Waals surface area contributed by atoms with Crippen molar-refractivity contribution in [1.29, 1.82) is 0 Å². The largest absolute Gasteiger partial charge is 0.481 e. The number of fused-ring (bicyclic) bond motifs is 3. The quantitative estimate of drug-likeness (QED) is 0.489. The Labute approximate surface area is 175 Å². The molecule has 1 N–H and O–H groups in total. The van der Waals surface area contributed by atoms with Crippen molar-refractivity contribution in [1.82, 2.24) is 0 Å². The molecule has 6 atom stereocenters. The Bertz CT molecular complexity index is 674. The van der Waals surface area contributed by atoms with Crippen LogP contribution in [-0.4, -0.2) is 34.9 Å². The topological polar surface area (TPSA) is 72.8 Å². The van der Waals surface area contributed by atoms with Gasteiger partial charge in [0.05, 0.1) is 30.7 Å². The number of carboxylic acid groups (broad SMARTS) is 1. The van der Waals surface area contributed by atoms with Gasteiger partial charge < -0.3 is 14.6 Å². The van der Waals surface area contributed by atoms with E-state index in [9.17, 15) is 9.59 Å². The first kappa shape index (κ1) is 22.3. The van der Waals surface area contributed by atoms with Crippen LogP contribution in [0.25, 0.3) is 0 Å². The lowest BCUT2D eigenvalue weighted by Gasteiger charge is -2.65. The second-order valence-corrected chi connectivity index (χ2v) is 10.7. The number of ether oxygens (including phenoxy) is 2. The van der Waals surface area contributed by atoms with Gasteiger partial charge in [0.1, 0.15) is 0 Å². The zero-order valence-corrected chi connectivity index (χ0v) is 18.6. The van der Waals surface area contributed by atoms with Gasteiger partial charge in [-0.15, -0.1) is 6.58 Å². The van der Waals surface area contributed by atoms with Crippen LogP contribution in [0.1, 0.15) is 85.5 Å². The minimum absolute atomic E-state index is 0.0536. The van der Waals surface area contributed by atoms with Crippen LogP contribution in [0.3, 0.4) is 0 Å². The van der Waals surface area contributed by atoms with Gasteiger partial charge in [-0.25, -0.2) is 0 Å². The van der Waals surface area contributed by atoms with E-state index in [1.165, 1.54) is 6.42 Å². The monoisotopic (exact) mass is 406 g/mol. The summed E-state index contributed by atoms with van der Waals surface area (Å²) in [6.45, 7) is 13.5. The summed E-state index contributed by atoms with van der Waals surface area (Å²) in [5, 5.41) is 8.78. The molecule has 5 nitrogen and oxygen atoms in total. The normalized spacial score (nSPS) is 44.3. The third-order valence-corrected chi connectivity index (χ3v) is 8.50. The Morgan fingerprint density at radius 2 is 1.76 bits per heavy atom. The standard InChI is InChI=1S/C24H38O5/c1-6-22(3)14-10-18-23(4)13-7-12-21(2,16-28-20(27)9-8-19(25)26)17(23)11-15-24(18,5)29-22/h6,17-18H,1,7-16H2,2-5H3,(H,25,26)/t17-,18+,21+,22-,23-,24+/m1/s1. The molecule has 3 aliphatic rings. The van der Waals surface area contributed by atoms with Gasteiger partial charge >= 0.3 is 11.9 Å². The summed E-state index contributed by atoms with van der Waals surface area (Å²) in [7, 11) is 0. The predicted molar refractivity (Wildman–Crippen MR) is 111 cm³/mol. The first-order valence-corrected chi connectivity index (χ1v) is 11.2. The van der Waals surface area contributed by atoms with E-state index in [2.05, 4.69) is 34.3 Å². The highest BCUT2D eigenvalue weighted by molar-refractivity contribution is 5.76. The van der Waals surface area contributed by atoms with Crippen LogP contribution in [0.2, 0.25) is 0 Å². The van der Waals surface area contributed by atoms with E-state index in [0.29, 0.717) is 18.4 Å². The first-order chi connectivity index (χ1) is 13.5. The van der Waals surface area contributed by atoms with Crippen LogP contribution in [0, 0.1) is 22.7 Å². The summed E-state index contributed by atoms with van der Waals surface area (Å²) >= 11 is 0. The van der Waals surface area contributed by atoms with Gasteiger partial charge in [-0.1, -0.05) is 26.3 Å². The lowest BCUT2D eigenvalue weighted by Crippen LogP contribution is -2.63. The van der Waals surface area contributed by atoms with Crippen molar-refractivity contribution in [2.24, 2.45) is 22.7 Å². The molecular formula is C24H38O5. The number of rotatable bonds is 6. The zero-order valence-electron chi connectivity index (χ0n) is 18.6. The third kappa shape index (κ3) is 4.12. The number of esters is 1. The molecule has 0 bridgehead atoms. The minimum Gasteiger partial charge on any atom is -0.481 e. The molecule has 3 rings (SSSR count). The molecule has 0 aromatic carbocycles. The highest BCUT2D eigenvalue weighted by Crippen LogP contribution is 2.65. The van der Waals surface area contributed by atoms with E-state index in [-0.39, 0.29) is 34.9 Å². The van der Waals surface area contributed by atoms with E-state index in [1.807, 2.05) is 6.08 Å². The average Bonchev–Trinajstić information content (AvgIpc) is 2.63. The van der Waals surface area contributed by atoms with E-state index in [4.69, 9.17) is 14.6 Å². The van der Waals surface area contributed by atoms with Gasteiger partial charge in [0.25, 0.3) is 0 Å². The minimum atomic E-state index is -0.964. The summed E-state index contributed by atoms with van der Waals surface area (Å²) in [6, 6.07) is 0. The molecule has 5 heteroatoms. The maximum atomic E-state index is 12.0. The van der Waals surface area contributed by atoms with Gasteiger partial charge in [0.15, 0.2) is 0 Å². The Morgan fingerprint density at radius 1 is 1.07 bits per heavy atom. The zero-order chi connectivity index (χ0) is 21.5. The summed E-state index contributed by atoms with van der Waals surface area (Å²) in [6.07, 6.45) is 9.33. The van der Waals surface area contributed by atoms with Crippen molar-refractivity contribution in [2.75, 3.05) is 6.61 Å². The molecular weight excluding hydrogens is 368 g/mol. The Morgan fingerprint density at radius 3 is 2.41 bits per heavy atom. The number of carbonyl (C=O) groups is 2. The fraction of sp³-hybridized carbons (Fsp3) is 0.833. The highest BCUT2D eigenvalue weighted by atomic mass is 16.5. The Kier molecular flexibility index (Phi) is 5.94. The molecule has 1 saturated heterocycles. The number of carbonyl (C=O) groups excluding carboxylic acids is 1. The smallest absolute Gasteiger partial charge is 0.306 e. The maximum absolute atomic E-state index is 12.0. The summed E-state index contributed by atoms with van der Waals surface area (Å²) in [5.74, 6) is -0.395. The molecule has 2 saturated carbocycles. The summed E-state index contributed by atoms with van der Waals surface area (Å²) in [4.78, 5) is 22.7. The van der Waals surface area contributed by atoms with Crippen molar-refractivity contribution in [3.63, 3.8) is 0 Å². The summed E-state index contributed by atoms with van der Waals surface area (Å²) < 4.78 is 12.3. The van der Waals surface area contributed by atoms with Crippen LogP contribution >= 0.6 is 0 Å². The van der Waals surface area contributed by atoms with E-state index in [1.54, 1.807) is 0 Å². The van der Waals surface area contributed by atoms with Crippen LogP contribution in [0.15, 0.2) is 12.7 Å². The Hall–Kier alpha value is -1.36. The van der Waals surface area contributed by atoms with Gasteiger partial charge in [0, 0.05) is 5.41 Å². The van der Waals surface area contributed by atoms with E-state index >= 15 is 0 Å². The number of carboxylic acids is 1. The lowest BCUT2D eigenvalue weighted by molar-refractivity contribution is -0.257. The van der Waals surface area contributed by atoms with Crippen molar-refractivity contribution in [2.45, 2.75) is 96.7 Å². The highest BCUT2D eigenvalue weighted by Gasteiger charge is 2.62. The fourth-order valence-corrected chi connectivity index (χ4v) is 7.03. The molecule has 164 valence electrons. The number of aliphatic carboxylic acids is 1. The van der Waals surface area contributed by atoms with E-state index in [0.717, 1.165) is 38.5 Å². The van der Waals surface area contributed by atoms with Gasteiger partial charge in [-0.2, -0.15) is 0 Å². The summed E-state index contributed by atoms with van der Waals surface area (Å²) in [5.41, 5.74) is -0.280. The maximum Gasteiger partial charge on any atom is 0.306 e. The molecule has 0 radical (unpaired) electrons. The first-order valence-electron chi connectivity index (χ1n) is 11.2. The van der Waals surface area contributed by atoms with Gasteiger partial charge in [0.2, 0.25) is 0 Å². The molecule has 1 heterocycles. The molecule has 0 spiro atoms. The molecule has 0 aromatic heterocycles. The van der Waals surface area contributed by atoms with Gasteiger partial charge in [-0.05, 0) is 69.6 Å². The van der Waals surface area contributed by atoms with Crippen LogP contribution in [-0.2, 0) is 19.1 Å². The van der Waals surface area contributed by atoms with Crippen LogP contribution < -0.4 is 0 Å². The second kappa shape index (κ2) is 7.72. The molecule has 29 heavy (non-hydrogen) atoms. The molecule has 3 fully saturated rings. The van der Waals surface area contributed by atoms with Crippen molar-refractivity contribution < 1.29 is 24.2 Å². The molecule has 0 aromatic rings. The number of hydrogen-bond donors (Lipinski definition) is 1. The van der Waals surface area contributed by atoms with Crippen molar-refractivity contribution in [3.8, 4) is 0 Å². The van der Waals surface area contributed by atoms with Crippen molar-refractivity contribution >= 4 is 11.9 Å². The van der Waals surface area contributed by atoms with Crippen molar-refractivity contribution in [3.05, 3.63) is 12.7 Å². The SMILES string of the molecule is C=C[C@]1(C)CC[C@H]2[C@]3(C)CCC[C@@](C)(COC(=O)CCC(=O)O)[C@H]3CC[C@]2(C)O1. The van der Waals surface area contributed by atoms with Crippen LogP contribution in [0.5, 0.6) is 0 Å². The second-order valence-electron chi connectivity index (χ2n) is 10.7. The molecule has 2 aliphatic carbocycles. The van der Waals surface area contributed by atoms with Gasteiger partial charge in [-0.3, -0.25) is 9.59 Å². The van der Waals surface area contributed by atoms with Crippen LogP contribution in [0.4, 0.5) is 0 Å². The molecule has 1 aliphatic heterocycles. The molecule has 0 unspecified atom stereocenters. The lowest BCUT2D eigenvalue weighted by atomic mass is 9.44. The average molecular weight is 407 g/mol.